The van der Waals surface area contributed by atoms with Crippen LogP contribution >= 0.6 is 0 Å². The molecular formula is C20H16FN7. The number of benzene rings is 2. The zero-order chi connectivity index (χ0) is 19.5. The molecule has 0 spiro atoms. The molecule has 8 heteroatoms. The van der Waals surface area contributed by atoms with E-state index in [9.17, 15) is 4.39 Å². The van der Waals surface area contributed by atoms with Gasteiger partial charge in [-0.1, -0.05) is 6.07 Å². The molecule has 1 aliphatic rings. The van der Waals surface area contributed by atoms with Gasteiger partial charge in [0.2, 0.25) is 5.95 Å². The fraction of sp³-hybridized carbons (Fsp3) is 0.100. The van der Waals surface area contributed by atoms with E-state index in [-0.39, 0.29) is 5.56 Å². The Bertz CT molecular complexity index is 1090. The summed E-state index contributed by atoms with van der Waals surface area (Å²) in [6.45, 7) is 2.49. The summed E-state index contributed by atoms with van der Waals surface area (Å²) in [7, 11) is 0. The lowest BCUT2D eigenvalue weighted by atomic mass is 10.1. The van der Waals surface area contributed by atoms with Crippen LogP contribution in [-0.2, 0) is 0 Å². The van der Waals surface area contributed by atoms with Crippen LogP contribution in [0, 0.1) is 17.1 Å². The summed E-state index contributed by atoms with van der Waals surface area (Å²) in [6.07, 6.45) is 1.60. The monoisotopic (exact) mass is 373 g/mol. The van der Waals surface area contributed by atoms with Crippen molar-refractivity contribution >= 4 is 23.2 Å². The van der Waals surface area contributed by atoms with Crippen molar-refractivity contribution in [2.45, 2.75) is 6.92 Å². The molecule has 2 aromatic carbocycles. The van der Waals surface area contributed by atoms with Gasteiger partial charge in [0.15, 0.2) is 0 Å². The van der Waals surface area contributed by atoms with Crippen molar-refractivity contribution in [3.05, 3.63) is 66.1 Å². The van der Waals surface area contributed by atoms with Crippen LogP contribution < -0.4 is 15.8 Å². The number of nitrogens with one attached hydrogen (secondary N) is 2. The number of halogens is 1. The van der Waals surface area contributed by atoms with Crippen molar-refractivity contribution in [3.63, 3.8) is 0 Å². The number of anilines is 3. The number of aliphatic imine (C=N–C) groups is 1. The van der Waals surface area contributed by atoms with E-state index in [4.69, 9.17) is 5.26 Å². The first kappa shape index (κ1) is 17.4. The molecular weight excluding hydrogens is 357 g/mol. The second-order valence-corrected chi connectivity index (χ2v) is 6.17. The topological polar surface area (TPSA) is 89.2 Å². The van der Waals surface area contributed by atoms with Crippen molar-refractivity contribution in [1.29, 1.82) is 5.26 Å². The van der Waals surface area contributed by atoms with E-state index >= 15 is 0 Å². The van der Waals surface area contributed by atoms with E-state index in [1.54, 1.807) is 18.3 Å². The third-order valence-electron chi connectivity index (χ3n) is 4.22. The highest BCUT2D eigenvalue weighted by Gasteiger charge is 2.12. The van der Waals surface area contributed by atoms with Gasteiger partial charge in [0.1, 0.15) is 24.4 Å². The number of aromatic nitrogens is 2. The minimum Gasteiger partial charge on any atom is -0.324 e. The molecule has 0 saturated carbocycles. The maximum absolute atomic E-state index is 13.9. The van der Waals surface area contributed by atoms with Gasteiger partial charge in [-0.2, -0.15) is 5.26 Å². The molecule has 0 unspecified atom stereocenters. The van der Waals surface area contributed by atoms with Crippen molar-refractivity contribution in [2.75, 3.05) is 17.0 Å². The molecule has 28 heavy (non-hydrogen) atoms. The fourth-order valence-electron chi connectivity index (χ4n) is 2.79. The highest BCUT2D eigenvalue weighted by Crippen LogP contribution is 2.23. The van der Waals surface area contributed by atoms with Crippen LogP contribution in [0.4, 0.5) is 21.7 Å². The molecule has 2 heterocycles. The SMILES string of the molecule is CC1=NCN(c2ccc(Nc3nccc(-c4ccc(C#N)c(F)c4)n3)cc2)N1. The second-order valence-electron chi connectivity index (χ2n) is 6.17. The average Bonchev–Trinajstić information content (AvgIpc) is 3.15. The molecule has 1 aromatic heterocycles. The van der Waals surface area contributed by atoms with Crippen LogP contribution in [0.15, 0.2) is 59.7 Å². The molecule has 1 aliphatic heterocycles. The van der Waals surface area contributed by atoms with Gasteiger partial charge < -0.3 is 5.32 Å². The third kappa shape index (κ3) is 3.59. The van der Waals surface area contributed by atoms with Gasteiger partial charge >= 0.3 is 0 Å². The normalized spacial score (nSPS) is 12.9. The number of hydrogen-bond acceptors (Lipinski definition) is 7. The molecule has 7 nitrogen and oxygen atoms in total. The predicted octanol–water partition coefficient (Wildman–Crippen LogP) is 3.60. The molecule has 0 atom stereocenters. The van der Waals surface area contributed by atoms with Gasteiger partial charge in [-0.25, -0.2) is 19.4 Å². The number of hydrogen-bond donors (Lipinski definition) is 2. The predicted molar refractivity (Wildman–Crippen MR) is 105 cm³/mol. The summed E-state index contributed by atoms with van der Waals surface area (Å²) in [6, 6.07) is 15.7. The molecule has 0 fully saturated rings. The molecule has 0 aliphatic carbocycles. The van der Waals surface area contributed by atoms with Crippen LogP contribution in [0.5, 0.6) is 0 Å². The molecule has 0 radical (unpaired) electrons. The summed E-state index contributed by atoms with van der Waals surface area (Å²) in [5.41, 5.74) is 6.12. The zero-order valence-corrected chi connectivity index (χ0v) is 15.0. The van der Waals surface area contributed by atoms with Crippen LogP contribution in [-0.4, -0.2) is 22.5 Å². The summed E-state index contributed by atoms with van der Waals surface area (Å²) in [5.74, 6) is 0.707. The van der Waals surface area contributed by atoms with Crippen molar-refractivity contribution in [1.82, 2.24) is 15.4 Å². The Balaban J connectivity index is 1.51. The lowest BCUT2D eigenvalue weighted by Crippen LogP contribution is -2.34. The summed E-state index contributed by atoms with van der Waals surface area (Å²) >= 11 is 0. The molecule has 3 aromatic rings. The quantitative estimate of drug-likeness (QED) is 0.726. The maximum atomic E-state index is 13.9. The lowest BCUT2D eigenvalue weighted by molar-refractivity contribution is 0.624. The number of rotatable bonds is 4. The maximum Gasteiger partial charge on any atom is 0.227 e. The Kier molecular flexibility index (Phi) is 4.56. The summed E-state index contributed by atoms with van der Waals surface area (Å²) in [5, 5.41) is 13.9. The Morgan fingerprint density at radius 2 is 2.00 bits per heavy atom. The first-order valence-corrected chi connectivity index (χ1v) is 8.58. The van der Waals surface area contributed by atoms with E-state index in [0.29, 0.717) is 23.9 Å². The smallest absolute Gasteiger partial charge is 0.227 e. The minimum absolute atomic E-state index is 0.00401. The number of nitriles is 1. The molecule has 0 saturated heterocycles. The highest BCUT2D eigenvalue weighted by molar-refractivity contribution is 5.83. The van der Waals surface area contributed by atoms with Crippen LogP contribution in [0.1, 0.15) is 12.5 Å². The van der Waals surface area contributed by atoms with Gasteiger partial charge in [-0.05, 0) is 49.4 Å². The first-order valence-electron chi connectivity index (χ1n) is 8.58. The molecule has 0 amide bonds. The van der Waals surface area contributed by atoms with Gasteiger partial charge in [-0.15, -0.1) is 0 Å². The van der Waals surface area contributed by atoms with E-state index in [1.165, 1.54) is 12.1 Å². The van der Waals surface area contributed by atoms with E-state index in [0.717, 1.165) is 17.2 Å². The fourth-order valence-corrected chi connectivity index (χ4v) is 2.79. The zero-order valence-electron chi connectivity index (χ0n) is 15.0. The Morgan fingerprint density at radius 3 is 2.68 bits per heavy atom. The van der Waals surface area contributed by atoms with Gasteiger partial charge in [0, 0.05) is 17.4 Å². The minimum atomic E-state index is -0.571. The highest BCUT2D eigenvalue weighted by atomic mass is 19.1. The third-order valence-corrected chi connectivity index (χ3v) is 4.22. The largest absolute Gasteiger partial charge is 0.324 e. The van der Waals surface area contributed by atoms with Crippen LogP contribution in [0.25, 0.3) is 11.3 Å². The number of amidine groups is 1. The van der Waals surface area contributed by atoms with Gasteiger partial charge in [-0.3, -0.25) is 10.4 Å². The van der Waals surface area contributed by atoms with Crippen molar-refractivity contribution < 1.29 is 4.39 Å². The Hall–Kier alpha value is -3.99. The Morgan fingerprint density at radius 1 is 1.18 bits per heavy atom. The summed E-state index contributed by atoms with van der Waals surface area (Å²) in [4.78, 5) is 12.9. The van der Waals surface area contributed by atoms with E-state index in [1.807, 2.05) is 42.3 Å². The molecule has 4 rings (SSSR count). The summed E-state index contributed by atoms with van der Waals surface area (Å²) < 4.78 is 13.9. The lowest BCUT2D eigenvalue weighted by Gasteiger charge is -2.18. The second kappa shape index (κ2) is 7.32. The average molecular weight is 373 g/mol. The van der Waals surface area contributed by atoms with Crippen molar-refractivity contribution in [2.24, 2.45) is 4.99 Å². The molecule has 138 valence electrons. The first-order chi connectivity index (χ1) is 13.6. The molecule has 2 N–H and O–H groups in total. The number of nitrogens with zero attached hydrogens (tertiary/aromatic N) is 5. The van der Waals surface area contributed by atoms with E-state index in [2.05, 4.69) is 25.7 Å². The number of hydrazine groups is 1. The Labute approximate surface area is 161 Å². The van der Waals surface area contributed by atoms with Gasteiger partial charge in [0.05, 0.1) is 16.9 Å². The standard InChI is InChI=1S/C20H16FN7/c1-13-24-12-28(27-13)17-6-4-16(5-7-17)25-20-23-9-8-19(26-20)14-2-3-15(11-22)18(21)10-14/h2-10H,12H2,1H3,(H,24,27)(H,23,25,26). The van der Waals surface area contributed by atoms with Crippen LogP contribution in [0.2, 0.25) is 0 Å². The van der Waals surface area contributed by atoms with Crippen molar-refractivity contribution in [3.8, 4) is 17.3 Å². The van der Waals surface area contributed by atoms with Crippen LogP contribution in [0.3, 0.4) is 0 Å². The van der Waals surface area contributed by atoms with E-state index < -0.39 is 5.82 Å². The molecule has 0 bridgehead atoms. The van der Waals surface area contributed by atoms with Gasteiger partial charge in [0.25, 0.3) is 0 Å².